The molecule has 1 fully saturated rings. The van der Waals surface area contributed by atoms with Gasteiger partial charge in [-0.05, 0) is 25.0 Å². The average Bonchev–Trinajstić information content (AvgIpc) is 3.04. The summed E-state index contributed by atoms with van der Waals surface area (Å²) in [6, 6.07) is 5.73. The molecule has 2 aromatic heterocycles. The maximum Gasteiger partial charge on any atom is 0.340 e. The summed E-state index contributed by atoms with van der Waals surface area (Å²) in [5.74, 6) is 0.568. The summed E-state index contributed by atoms with van der Waals surface area (Å²) >= 11 is 0. The lowest BCUT2D eigenvalue weighted by atomic mass is 10.1. The fourth-order valence-electron chi connectivity index (χ4n) is 2.79. The van der Waals surface area contributed by atoms with Crippen molar-refractivity contribution in [2.24, 2.45) is 0 Å². The zero-order valence-electron chi connectivity index (χ0n) is 13.4. The molecular weight excluding hydrogens is 310 g/mol. The van der Waals surface area contributed by atoms with E-state index >= 15 is 0 Å². The van der Waals surface area contributed by atoms with E-state index in [4.69, 9.17) is 4.74 Å². The molecule has 1 amide bonds. The van der Waals surface area contributed by atoms with Crippen molar-refractivity contribution in [3.05, 3.63) is 46.4 Å². The van der Waals surface area contributed by atoms with Crippen LogP contribution >= 0.6 is 0 Å². The van der Waals surface area contributed by atoms with Crippen molar-refractivity contribution >= 4 is 5.91 Å². The van der Waals surface area contributed by atoms with Gasteiger partial charge in [0.1, 0.15) is 5.82 Å². The van der Waals surface area contributed by atoms with Gasteiger partial charge in [-0.25, -0.2) is 9.89 Å². The normalized spacial score (nSPS) is 17.8. The molecule has 0 saturated carbocycles. The molecule has 0 radical (unpaired) electrons. The average molecular weight is 331 g/mol. The minimum Gasteiger partial charge on any atom is -0.370 e. The molecule has 8 heteroatoms. The Balaban J connectivity index is 1.45. The van der Waals surface area contributed by atoms with Crippen molar-refractivity contribution in [2.45, 2.75) is 38.4 Å². The van der Waals surface area contributed by atoms with Gasteiger partial charge >= 0.3 is 5.69 Å². The Labute approximate surface area is 139 Å². The maximum atomic E-state index is 12.3. The molecule has 128 valence electrons. The van der Waals surface area contributed by atoms with Crippen LogP contribution in [0.15, 0.2) is 29.2 Å². The topological polar surface area (TPSA) is 104 Å². The smallest absolute Gasteiger partial charge is 0.340 e. The molecular formula is C16H21N5O3. The Kier molecular flexibility index (Phi) is 5.37. The number of rotatable bonds is 6. The molecule has 3 rings (SSSR count). The van der Waals surface area contributed by atoms with Gasteiger partial charge in [0.2, 0.25) is 5.91 Å². The number of nitrogens with one attached hydrogen (secondary N) is 2. The highest BCUT2D eigenvalue weighted by atomic mass is 16.5. The lowest BCUT2D eigenvalue weighted by molar-refractivity contribution is -0.135. The number of ether oxygens (including phenoxy) is 1. The highest BCUT2D eigenvalue weighted by molar-refractivity contribution is 5.76. The first-order valence-corrected chi connectivity index (χ1v) is 8.13. The van der Waals surface area contributed by atoms with E-state index in [0.717, 1.165) is 25.1 Å². The number of amides is 1. The molecule has 24 heavy (non-hydrogen) atoms. The van der Waals surface area contributed by atoms with Gasteiger partial charge in [-0.1, -0.05) is 6.07 Å². The Morgan fingerprint density at radius 3 is 3.08 bits per heavy atom. The minimum atomic E-state index is -0.349. The van der Waals surface area contributed by atoms with Crippen LogP contribution in [0.1, 0.15) is 30.8 Å². The zero-order chi connectivity index (χ0) is 16.8. The van der Waals surface area contributed by atoms with Crippen molar-refractivity contribution < 1.29 is 9.53 Å². The van der Waals surface area contributed by atoms with Crippen LogP contribution < -0.4 is 5.69 Å². The van der Waals surface area contributed by atoms with Crippen LogP contribution in [0.25, 0.3) is 0 Å². The number of piperidine rings is 1. The van der Waals surface area contributed by atoms with E-state index < -0.39 is 0 Å². The van der Waals surface area contributed by atoms with Crippen molar-refractivity contribution in [1.29, 1.82) is 0 Å². The highest BCUT2D eigenvalue weighted by Gasteiger charge is 2.24. The van der Waals surface area contributed by atoms with Crippen LogP contribution in [0.2, 0.25) is 0 Å². The van der Waals surface area contributed by atoms with Crippen LogP contribution in [0, 0.1) is 0 Å². The number of nitrogens with zero attached hydrogens (tertiary/aromatic N) is 3. The zero-order valence-corrected chi connectivity index (χ0v) is 13.4. The molecule has 1 saturated heterocycles. The van der Waals surface area contributed by atoms with Gasteiger partial charge in [0, 0.05) is 32.1 Å². The SMILES string of the molecule is O=C(CCc1n[nH]c(=O)[nH]1)N1CCCC(OCc2ccccn2)C1. The molecule has 0 aromatic carbocycles. The number of aromatic nitrogens is 4. The Hall–Kier alpha value is -2.48. The number of H-pyrrole nitrogens is 2. The summed E-state index contributed by atoms with van der Waals surface area (Å²) in [4.78, 5) is 31.9. The maximum absolute atomic E-state index is 12.3. The number of aryl methyl sites for hydroxylation is 1. The fraction of sp³-hybridized carbons (Fsp3) is 0.500. The number of carbonyl (C=O) groups excluding carboxylic acids is 1. The summed E-state index contributed by atoms with van der Waals surface area (Å²) in [7, 11) is 0. The van der Waals surface area contributed by atoms with Crippen LogP contribution in [0.5, 0.6) is 0 Å². The molecule has 1 aliphatic rings. The number of carbonyl (C=O) groups is 1. The first kappa shape index (κ1) is 16.4. The van der Waals surface area contributed by atoms with E-state index in [9.17, 15) is 9.59 Å². The molecule has 8 nitrogen and oxygen atoms in total. The fourth-order valence-corrected chi connectivity index (χ4v) is 2.79. The monoisotopic (exact) mass is 331 g/mol. The number of pyridine rings is 1. The van der Waals surface area contributed by atoms with Crippen molar-refractivity contribution in [3.8, 4) is 0 Å². The molecule has 2 N–H and O–H groups in total. The predicted molar refractivity (Wildman–Crippen MR) is 86.2 cm³/mol. The van der Waals surface area contributed by atoms with Crippen molar-refractivity contribution in [2.75, 3.05) is 13.1 Å². The second-order valence-corrected chi connectivity index (χ2v) is 5.86. The summed E-state index contributed by atoms with van der Waals surface area (Å²) < 4.78 is 5.89. The van der Waals surface area contributed by atoms with E-state index in [2.05, 4.69) is 20.2 Å². The number of hydrogen-bond donors (Lipinski definition) is 2. The largest absolute Gasteiger partial charge is 0.370 e. The van der Waals surface area contributed by atoms with Crippen molar-refractivity contribution in [3.63, 3.8) is 0 Å². The molecule has 2 aromatic rings. The molecule has 0 bridgehead atoms. The number of likely N-dealkylation sites (tertiary alicyclic amines) is 1. The van der Waals surface area contributed by atoms with Gasteiger partial charge in [0.25, 0.3) is 0 Å². The van der Waals surface area contributed by atoms with E-state index in [1.54, 1.807) is 6.20 Å². The highest BCUT2D eigenvalue weighted by Crippen LogP contribution is 2.16. The number of aromatic amines is 2. The van der Waals surface area contributed by atoms with Gasteiger partial charge in [-0.2, -0.15) is 5.10 Å². The van der Waals surface area contributed by atoms with E-state index in [1.807, 2.05) is 23.1 Å². The first-order chi connectivity index (χ1) is 11.7. The van der Waals surface area contributed by atoms with E-state index in [0.29, 0.717) is 31.8 Å². The van der Waals surface area contributed by atoms with Crippen LogP contribution in [0.3, 0.4) is 0 Å². The molecule has 0 spiro atoms. The van der Waals surface area contributed by atoms with Crippen molar-refractivity contribution in [1.82, 2.24) is 25.1 Å². The second-order valence-electron chi connectivity index (χ2n) is 5.86. The van der Waals surface area contributed by atoms with E-state index in [-0.39, 0.29) is 17.7 Å². The minimum absolute atomic E-state index is 0.0369. The Bertz CT molecular complexity index is 712. The third-order valence-electron chi connectivity index (χ3n) is 4.05. The molecule has 1 unspecified atom stereocenters. The lowest BCUT2D eigenvalue weighted by Gasteiger charge is -2.32. The van der Waals surface area contributed by atoms with Gasteiger partial charge in [-0.15, -0.1) is 0 Å². The number of hydrogen-bond acceptors (Lipinski definition) is 5. The second kappa shape index (κ2) is 7.87. The Morgan fingerprint density at radius 1 is 1.42 bits per heavy atom. The van der Waals surface area contributed by atoms with Crippen LogP contribution in [-0.2, 0) is 22.6 Å². The van der Waals surface area contributed by atoms with E-state index in [1.165, 1.54) is 0 Å². The summed E-state index contributed by atoms with van der Waals surface area (Å²) in [6.07, 6.45) is 4.41. The molecule has 0 aliphatic carbocycles. The van der Waals surface area contributed by atoms with Crippen LogP contribution in [-0.4, -0.2) is 50.2 Å². The Morgan fingerprint density at radius 2 is 2.33 bits per heavy atom. The quantitative estimate of drug-likeness (QED) is 0.808. The lowest BCUT2D eigenvalue weighted by Crippen LogP contribution is -2.43. The van der Waals surface area contributed by atoms with Gasteiger partial charge in [-0.3, -0.25) is 14.8 Å². The molecule has 1 aliphatic heterocycles. The standard InChI is InChI=1S/C16H21N5O3/c22-15(7-6-14-18-16(23)20-19-14)21-9-3-5-13(10-21)24-11-12-4-1-2-8-17-12/h1-2,4,8,13H,3,5-7,9-11H2,(H2,18,19,20,23). The molecule has 3 heterocycles. The third kappa shape index (κ3) is 4.51. The summed E-state index contributed by atoms with van der Waals surface area (Å²) in [5.41, 5.74) is 0.543. The predicted octanol–water partition coefficient (Wildman–Crippen LogP) is 0.633. The van der Waals surface area contributed by atoms with Crippen LogP contribution in [0.4, 0.5) is 0 Å². The van der Waals surface area contributed by atoms with Gasteiger partial charge in [0.05, 0.1) is 18.4 Å². The third-order valence-corrected chi connectivity index (χ3v) is 4.05. The first-order valence-electron chi connectivity index (χ1n) is 8.13. The van der Waals surface area contributed by atoms with Gasteiger partial charge < -0.3 is 9.64 Å². The van der Waals surface area contributed by atoms with Gasteiger partial charge in [0.15, 0.2) is 0 Å². The summed E-state index contributed by atoms with van der Waals surface area (Å²) in [6.45, 7) is 1.81. The summed E-state index contributed by atoms with van der Waals surface area (Å²) in [5, 5.41) is 6.11. The molecule has 1 atom stereocenters.